The van der Waals surface area contributed by atoms with Crippen LogP contribution in [0.1, 0.15) is 52.9 Å². The van der Waals surface area contributed by atoms with Crippen molar-refractivity contribution >= 4 is 29.6 Å². The fourth-order valence-corrected chi connectivity index (χ4v) is 2.91. The van der Waals surface area contributed by atoms with E-state index in [9.17, 15) is 29.1 Å². The molecular weight excluding hydrogens is 436 g/mol. The van der Waals surface area contributed by atoms with E-state index in [2.05, 4.69) is 16.0 Å². The van der Waals surface area contributed by atoms with E-state index in [1.807, 2.05) is 0 Å². The number of nitrogens with two attached hydrogens (primary N) is 3. The molecule has 190 valence electrons. The van der Waals surface area contributed by atoms with E-state index in [1.54, 1.807) is 13.8 Å². The fraction of sp³-hybridized carbons (Fsp3) is 0.750. The minimum absolute atomic E-state index is 0.343. The molecule has 0 radical (unpaired) electrons. The highest BCUT2D eigenvalue weighted by Crippen LogP contribution is 2.10. The van der Waals surface area contributed by atoms with Crippen molar-refractivity contribution in [1.29, 1.82) is 0 Å². The van der Waals surface area contributed by atoms with Gasteiger partial charge in [-0.1, -0.05) is 26.7 Å². The molecule has 0 bridgehead atoms. The van der Waals surface area contributed by atoms with Gasteiger partial charge >= 0.3 is 5.97 Å². The summed E-state index contributed by atoms with van der Waals surface area (Å²) in [6.07, 6.45) is 0.151. The Morgan fingerprint density at radius 1 is 0.909 bits per heavy atom. The van der Waals surface area contributed by atoms with Crippen LogP contribution >= 0.6 is 0 Å². The van der Waals surface area contributed by atoms with E-state index in [0.29, 0.717) is 32.2 Å². The number of amides is 4. The van der Waals surface area contributed by atoms with Crippen LogP contribution < -0.4 is 33.2 Å². The van der Waals surface area contributed by atoms with Gasteiger partial charge in [-0.15, -0.1) is 0 Å². The van der Waals surface area contributed by atoms with Crippen LogP contribution in [0.2, 0.25) is 0 Å². The average molecular weight is 475 g/mol. The van der Waals surface area contributed by atoms with Crippen LogP contribution in [0.3, 0.4) is 0 Å². The van der Waals surface area contributed by atoms with E-state index in [0.717, 1.165) is 0 Å². The molecule has 0 aliphatic heterocycles. The van der Waals surface area contributed by atoms with Gasteiger partial charge in [-0.25, -0.2) is 4.79 Å². The summed E-state index contributed by atoms with van der Waals surface area (Å²) < 4.78 is 0. The van der Waals surface area contributed by atoms with E-state index in [1.165, 1.54) is 6.92 Å². The quantitative estimate of drug-likeness (QED) is 0.108. The molecule has 11 N–H and O–H groups in total. The van der Waals surface area contributed by atoms with Gasteiger partial charge in [0.2, 0.25) is 23.6 Å². The minimum Gasteiger partial charge on any atom is -0.480 e. The van der Waals surface area contributed by atoms with Crippen LogP contribution in [-0.4, -0.2) is 76.6 Å². The molecule has 6 unspecified atom stereocenters. The van der Waals surface area contributed by atoms with E-state index < -0.39 is 66.3 Å². The molecule has 0 spiro atoms. The summed E-state index contributed by atoms with van der Waals surface area (Å²) in [7, 11) is 0. The summed E-state index contributed by atoms with van der Waals surface area (Å²) in [5.74, 6) is -5.13. The number of hydrogen-bond donors (Lipinski definition) is 8. The summed E-state index contributed by atoms with van der Waals surface area (Å²) >= 11 is 0. The third-order valence-electron chi connectivity index (χ3n) is 5.18. The number of hydrogen-bond acceptors (Lipinski definition) is 8. The lowest BCUT2D eigenvalue weighted by Crippen LogP contribution is -2.61. The van der Waals surface area contributed by atoms with Crippen molar-refractivity contribution in [3.63, 3.8) is 0 Å². The number of aliphatic hydroxyl groups excluding tert-OH is 1. The minimum atomic E-state index is -1.63. The zero-order valence-corrected chi connectivity index (χ0v) is 19.4. The molecule has 0 aliphatic rings. The topological polar surface area (TPSA) is 240 Å². The van der Waals surface area contributed by atoms with Gasteiger partial charge in [0.25, 0.3) is 0 Å². The lowest BCUT2D eigenvalue weighted by molar-refractivity contribution is -0.144. The standard InChI is InChI=1S/C20H38N6O7/c1-4-10(2)15(25-17(29)12(22)7-5-6-8-21)18(30)26-16(11(3)27)19(31)24-13(20(32)33)9-14(23)28/h10-13,15-16,27H,4-9,21-22H2,1-3H3,(H2,23,28)(H,24,31)(H,25,29)(H,26,30)(H,32,33). The van der Waals surface area contributed by atoms with Crippen LogP contribution in [0.15, 0.2) is 0 Å². The monoisotopic (exact) mass is 474 g/mol. The third-order valence-corrected chi connectivity index (χ3v) is 5.18. The van der Waals surface area contributed by atoms with Gasteiger partial charge in [-0.3, -0.25) is 19.2 Å². The van der Waals surface area contributed by atoms with E-state index in [4.69, 9.17) is 22.3 Å². The molecule has 0 saturated heterocycles. The van der Waals surface area contributed by atoms with Crippen LogP contribution in [0, 0.1) is 5.92 Å². The van der Waals surface area contributed by atoms with E-state index in [-0.39, 0.29) is 5.92 Å². The number of carboxylic acids is 1. The number of primary amides is 1. The van der Waals surface area contributed by atoms with Crippen molar-refractivity contribution in [2.75, 3.05) is 6.54 Å². The Labute approximate surface area is 193 Å². The van der Waals surface area contributed by atoms with Gasteiger partial charge in [0, 0.05) is 0 Å². The van der Waals surface area contributed by atoms with Crippen LogP contribution in [0.25, 0.3) is 0 Å². The summed E-state index contributed by atoms with van der Waals surface area (Å²) in [5.41, 5.74) is 16.3. The van der Waals surface area contributed by atoms with Crippen molar-refractivity contribution in [2.24, 2.45) is 23.1 Å². The Balaban J connectivity index is 5.41. The first-order valence-electron chi connectivity index (χ1n) is 10.9. The number of nitrogens with one attached hydrogen (secondary N) is 3. The summed E-state index contributed by atoms with van der Waals surface area (Å²) in [5, 5.41) is 26.2. The fourth-order valence-electron chi connectivity index (χ4n) is 2.91. The van der Waals surface area contributed by atoms with E-state index >= 15 is 0 Å². The number of rotatable bonds is 16. The van der Waals surface area contributed by atoms with Gasteiger partial charge in [-0.05, 0) is 32.2 Å². The molecule has 0 aliphatic carbocycles. The van der Waals surface area contributed by atoms with Crippen molar-refractivity contribution < 1.29 is 34.2 Å². The Bertz CT molecular complexity index is 688. The Morgan fingerprint density at radius 3 is 1.91 bits per heavy atom. The summed E-state index contributed by atoms with van der Waals surface area (Å²) in [6.45, 7) is 5.21. The number of carboxylic acid groups (broad SMARTS) is 1. The zero-order valence-electron chi connectivity index (χ0n) is 19.4. The second kappa shape index (κ2) is 15.1. The van der Waals surface area contributed by atoms with Gasteiger partial charge in [0.15, 0.2) is 0 Å². The lowest BCUT2D eigenvalue weighted by atomic mass is 9.96. The molecule has 0 saturated carbocycles. The zero-order chi connectivity index (χ0) is 25.7. The smallest absolute Gasteiger partial charge is 0.326 e. The normalized spacial score (nSPS) is 16.4. The van der Waals surface area contributed by atoms with Gasteiger partial charge in [0.05, 0.1) is 18.6 Å². The van der Waals surface area contributed by atoms with Gasteiger partial charge < -0.3 is 43.4 Å². The third kappa shape index (κ3) is 11.1. The van der Waals surface area contributed by atoms with Crippen LogP contribution in [0.4, 0.5) is 0 Å². The molecule has 0 fully saturated rings. The largest absolute Gasteiger partial charge is 0.480 e. The maximum absolute atomic E-state index is 12.9. The maximum Gasteiger partial charge on any atom is 0.326 e. The SMILES string of the molecule is CCC(C)C(NC(=O)C(N)CCCCN)C(=O)NC(C(=O)NC(CC(N)=O)C(=O)O)C(C)O. The molecule has 0 aromatic carbocycles. The lowest BCUT2D eigenvalue weighted by Gasteiger charge is -2.28. The Hall–Kier alpha value is -2.77. The molecule has 33 heavy (non-hydrogen) atoms. The van der Waals surface area contributed by atoms with Gasteiger partial charge in [-0.2, -0.15) is 0 Å². The first-order valence-corrected chi connectivity index (χ1v) is 10.9. The first-order chi connectivity index (χ1) is 15.3. The van der Waals surface area contributed by atoms with Crippen molar-refractivity contribution in [2.45, 2.75) is 83.1 Å². The summed E-state index contributed by atoms with van der Waals surface area (Å²) in [4.78, 5) is 60.2. The molecule has 0 aromatic heterocycles. The predicted molar refractivity (Wildman–Crippen MR) is 119 cm³/mol. The second-order valence-electron chi connectivity index (χ2n) is 8.06. The molecule has 13 heteroatoms. The molecule has 0 heterocycles. The van der Waals surface area contributed by atoms with Gasteiger partial charge in [0.1, 0.15) is 18.1 Å². The Kier molecular flexibility index (Phi) is 13.9. The van der Waals surface area contributed by atoms with Crippen molar-refractivity contribution in [3.05, 3.63) is 0 Å². The molecule has 4 amide bonds. The second-order valence-corrected chi connectivity index (χ2v) is 8.06. The predicted octanol–water partition coefficient (Wildman–Crippen LogP) is -2.72. The molecule has 13 nitrogen and oxygen atoms in total. The number of aliphatic hydroxyl groups is 1. The maximum atomic E-state index is 12.9. The number of unbranched alkanes of at least 4 members (excludes halogenated alkanes) is 1. The first kappa shape index (κ1) is 30.2. The molecule has 0 aromatic rings. The highest BCUT2D eigenvalue weighted by molar-refractivity contribution is 5.95. The highest BCUT2D eigenvalue weighted by atomic mass is 16.4. The summed E-state index contributed by atoms with van der Waals surface area (Å²) in [6, 6.07) is -5.09. The van der Waals surface area contributed by atoms with Crippen LogP contribution in [0.5, 0.6) is 0 Å². The number of carbonyl (C=O) groups excluding carboxylic acids is 4. The Morgan fingerprint density at radius 2 is 1.45 bits per heavy atom. The van der Waals surface area contributed by atoms with Crippen LogP contribution in [-0.2, 0) is 24.0 Å². The highest BCUT2D eigenvalue weighted by Gasteiger charge is 2.34. The number of aliphatic carboxylic acids is 1. The molecular formula is C20H38N6O7. The molecule has 0 rings (SSSR count). The molecule has 6 atom stereocenters. The van der Waals surface area contributed by atoms with Crippen molar-refractivity contribution in [3.8, 4) is 0 Å². The van der Waals surface area contributed by atoms with Crippen molar-refractivity contribution in [1.82, 2.24) is 16.0 Å². The number of carbonyl (C=O) groups is 5. The average Bonchev–Trinajstić information content (AvgIpc) is 2.73.